The van der Waals surface area contributed by atoms with Gasteiger partial charge in [0.25, 0.3) is 11.8 Å². The average Bonchev–Trinajstić information content (AvgIpc) is 3.23. The number of alkyl halides is 4. The molecule has 3 aromatic rings. The highest BCUT2D eigenvalue weighted by atomic mass is 19.4. The predicted octanol–water partition coefficient (Wildman–Crippen LogP) is 4.19. The van der Waals surface area contributed by atoms with Gasteiger partial charge in [-0.25, -0.2) is 13.8 Å². The second-order valence-corrected chi connectivity index (χ2v) is 9.71. The van der Waals surface area contributed by atoms with E-state index in [0.29, 0.717) is 24.7 Å². The third kappa shape index (κ3) is 5.77. The van der Waals surface area contributed by atoms with Gasteiger partial charge in [-0.05, 0) is 30.7 Å². The zero-order chi connectivity index (χ0) is 30.2. The molecule has 10 nitrogen and oxygen atoms in total. The molecule has 0 saturated carbocycles. The molecule has 0 radical (unpaired) electrons. The summed E-state index contributed by atoms with van der Waals surface area (Å²) >= 11 is 0. The lowest BCUT2D eigenvalue weighted by Gasteiger charge is -2.27. The van der Waals surface area contributed by atoms with E-state index in [4.69, 9.17) is 9.47 Å². The first-order valence-electron chi connectivity index (χ1n) is 12.8. The Morgan fingerprint density at radius 1 is 1.21 bits per heavy atom. The SMILES string of the molecule is COc1cc(C(=O)NC2CCNC[C@H]2F)c(F)cc1Nc1ncc(C(F)(F)F)c(Oc2cccc3c2C(=O)N(C)C3)n1. The zero-order valence-corrected chi connectivity index (χ0v) is 22.3. The van der Waals surface area contributed by atoms with E-state index in [0.717, 1.165) is 12.1 Å². The largest absolute Gasteiger partial charge is 0.495 e. The molecule has 2 aromatic carbocycles. The molecular formula is C27H25F5N6O4. The van der Waals surface area contributed by atoms with E-state index in [1.165, 1.54) is 18.1 Å². The van der Waals surface area contributed by atoms with Crippen LogP contribution in [0, 0.1) is 5.82 Å². The van der Waals surface area contributed by atoms with Gasteiger partial charge in [0, 0.05) is 32.4 Å². The number of anilines is 2. The highest BCUT2D eigenvalue weighted by Gasteiger charge is 2.38. The maximum Gasteiger partial charge on any atom is 0.423 e. The van der Waals surface area contributed by atoms with E-state index in [9.17, 15) is 27.2 Å². The first-order valence-corrected chi connectivity index (χ1v) is 12.8. The highest BCUT2D eigenvalue weighted by Crippen LogP contribution is 2.40. The molecule has 222 valence electrons. The normalized spacial score (nSPS) is 18.5. The Hall–Kier alpha value is -4.53. The van der Waals surface area contributed by atoms with Crippen LogP contribution in [0.15, 0.2) is 36.5 Å². The second-order valence-electron chi connectivity index (χ2n) is 9.71. The van der Waals surface area contributed by atoms with E-state index in [2.05, 4.69) is 25.9 Å². The molecular weight excluding hydrogens is 567 g/mol. The maximum atomic E-state index is 15.0. The molecule has 0 spiro atoms. The van der Waals surface area contributed by atoms with Crippen molar-refractivity contribution in [3.8, 4) is 17.4 Å². The Bertz CT molecular complexity index is 1540. The maximum absolute atomic E-state index is 15.0. The predicted molar refractivity (Wildman–Crippen MR) is 139 cm³/mol. The summed E-state index contributed by atoms with van der Waals surface area (Å²) in [6, 6.07) is 5.69. The van der Waals surface area contributed by atoms with Crippen LogP contribution in [0.4, 0.5) is 33.6 Å². The number of ether oxygens (including phenoxy) is 2. The molecule has 0 bridgehead atoms. The molecule has 2 aliphatic heterocycles. The third-order valence-corrected chi connectivity index (χ3v) is 6.85. The van der Waals surface area contributed by atoms with E-state index in [-0.39, 0.29) is 35.8 Å². The molecule has 2 amide bonds. The topological polar surface area (TPSA) is 118 Å². The summed E-state index contributed by atoms with van der Waals surface area (Å²) in [7, 11) is 2.78. The first kappa shape index (κ1) is 29.0. The van der Waals surface area contributed by atoms with Crippen molar-refractivity contribution in [2.45, 2.75) is 31.4 Å². The lowest BCUT2D eigenvalue weighted by Crippen LogP contribution is -2.51. The van der Waals surface area contributed by atoms with E-state index in [1.54, 1.807) is 19.2 Å². The number of nitrogens with zero attached hydrogens (tertiary/aromatic N) is 3. The fourth-order valence-electron chi connectivity index (χ4n) is 4.70. The number of halogens is 5. The van der Waals surface area contributed by atoms with Crippen molar-refractivity contribution in [2.75, 3.05) is 32.6 Å². The average molecular weight is 593 g/mol. The van der Waals surface area contributed by atoms with Crippen molar-refractivity contribution in [3.63, 3.8) is 0 Å². The Morgan fingerprint density at radius 3 is 2.71 bits per heavy atom. The first-order chi connectivity index (χ1) is 20.0. The summed E-state index contributed by atoms with van der Waals surface area (Å²) in [5.41, 5.74) is -1.15. The smallest absolute Gasteiger partial charge is 0.423 e. The van der Waals surface area contributed by atoms with Gasteiger partial charge in [-0.1, -0.05) is 12.1 Å². The van der Waals surface area contributed by atoms with E-state index >= 15 is 4.39 Å². The fraction of sp³-hybridized carbons (Fsp3) is 0.333. The minimum atomic E-state index is -4.90. The van der Waals surface area contributed by atoms with Gasteiger partial charge in [-0.2, -0.15) is 18.2 Å². The summed E-state index contributed by atoms with van der Waals surface area (Å²) in [6.45, 7) is 0.803. The van der Waals surface area contributed by atoms with E-state index in [1.807, 2.05) is 0 Å². The molecule has 2 aliphatic rings. The minimum Gasteiger partial charge on any atom is -0.495 e. The van der Waals surface area contributed by atoms with Crippen LogP contribution in [-0.4, -0.2) is 66.1 Å². The van der Waals surface area contributed by atoms with Crippen molar-refractivity contribution in [2.24, 2.45) is 0 Å². The highest BCUT2D eigenvalue weighted by molar-refractivity contribution is 6.01. The number of hydrogen-bond donors (Lipinski definition) is 3. The molecule has 5 rings (SSSR count). The lowest BCUT2D eigenvalue weighted by molar-refractivity contribution is -0.139. The molecule has 42 heavy (non-hydrogen) atoms. The van der Waals surface area contributed by atoms with Crippen LogP contribution in [0.2, 0.25) is 0 Å². The van der Waals surface area contributed by atoms with Gasteiger partial charge in [-0.15, -0.1) is 0 Å². The van der Waals surface area contributed by atoms with Crippen LogP contribution in [0.3, 0.4) is 0 Å². The fourth-order valence-corrected chi connectivity index (χ4v) is 4.70. The number of piperidine rings is 1. The molecule has 2 atom stereocenters. The van der Waals surface area contributed by atoms with Crippen LogP contribution in [0.5, 0.6) is 17.4 Å². The number of carbonyl (C=O) groups is 2. The molecule has 3 N–H and O–H groups in total. The zero-order valence-electron chi connectivity index (χ0n) is 22.3. The van der Waals surface area contributed by atoms with Crippen molar-refractivity contribution < 1.29 is 41.0 Å². The molecule has 1 saturated heterocycles. The van der Waals surface area contributed by atoms with E-state index < -0.39 is 59.0 Å². The van der Waals surface area contributed by atoms with Crippen LogP contribution in [-0.2, 0) is 12.7 Å². The number of aromatic nitrogens is 2. The van der Waals surface area contributed by atoms with Crippen LogP contribution >= 0.6 is 0 Å². The van der Waals surface area contributed by atoms with Gasteiger partial charge in [0.05, 0.1) is 30.0 Å². The van der Waals surface area contributed by atoms with Crippen molar-refractivity contribution in [1.29, 1.82) is 0 Å². The third-order valence-electron chi connectivity index (χ3n) is 6.85. The van der Waals surface area contributed by atoms with Gasteiger partial charge in [0.2, 0.25) is 11.8 Å². The van der Waals surface area contributed by atoms with Crippen LogP contribution in [0.1, 0.15) is 38.3 Å². The molecule has 1 fully saturated rings. The summed E-state index contributed by atoms with van der Waals surface area (Å²) in [5.74, 6) is -3.79. The van der Waals surface area contributed by atoms with Gasteiger partial charge in [0.15, 0.2) is 0 Å². The van der Waals surface area contributed by atoms with Gasteiger partial charge in [-0.3, -0.25) is 9.59 Å². The quantitative estimate of drug-likeness (QED) is 0.350. The Labute approximate surface area is 236 Å². The standard InChI is InChI=1S/C27H25F5N6O4/c1-38-12-13-4-3-5-20(22(13)25(38)40)42-24-15(27(30,31)32)10-34-26(37-24)36-19-9-16(28)14(8-21(19)41-2)23(39)35-18-6-7-33-11-17(18)29/h3-5,8-10,17-18,33H,6-7,11-12H2,1-2H3,(H,35,39)(H,34,36,37)/t17-,18?/m1/s1. The van der Waals surface area contributed by atoms with Crippen LogP contribution < -0.4 is 25.4 Å². The molecule has 15 heteroatoms. The minimum absolute atomic E-state index is 0.0541. The number of nitrogens with one attached hydrogen (secondary N) is 3. The molecule has 3 heterocycles. The number of rotatable bonds is 7. The number of methoxy groups -OCH3 is 1. The molecule has 1 unspecified atom stereocenters. The molecule has 0 aliphatic carbocycles. The number of fused-ring (bicyclic) bond motifs is 1. The van der Waals surface area contributed by atoms with Crippen LogP contribution in [0.25, 0.3) is 0 Å². The Balaban J connectivity index is 1.44. The van der Waals surface area contributed by atoms with Gasteiger partial charge < -0.3 is 30.3 Å². The number of hydrogen-bond acceptors (Lipinski definition) is 8. The lowest BCUT2D eigenvalue weighted by atomic mass is 10.0. The second kappa shape index (κ2) is 11.4. The Morgan fingerprint density at radius 2 is 2.00 bits per heavy atom. The van der Waals surface area contributed by atoms with Gasteiger partial charge in [0.1, 0.15) is 29.1 Å². The van der Waals surface area contributed by atoms with Crippen molar-refractivity contribution in [3.05, 3.63) is 64.6 Å². The van der Waals surface area contributed by atoms with Gasteiger partial charge >= 0.3 is 6.18 Å². The Kier molecular flexibility index (Phi) is 7.86. The van der Waals surface area contributed by atoms with Crippen molar-refractivity contribution in [1.82, 2.24) is 25.5 Å². The summed E-state index contributed by atoms with van der Waals surface area (Å²) in [5, 5.41) is 7.91. The summed E-state index contributed by atoms with van der Waals surface area (Å²) in [4.78, 5) is 34.2. The number of benzene rings is 2. The van der Waals surface area contributed by atoms with Crippen molar-refractivity contribution >= 4 is 23.5 Å². The number of carbonyl (C=O) groups excluding carboxylic acids is 2. The molecule has 1 aromatic heterocycles. The monoisotopic (exact) mass is 592 g/mol. The summed E-state index contributed by atoms with van der Waals surface area (Å²) < 4.78 is 81.4. The number of amides is 2. The summed E-state index contributed by atoms with van der Waals surface area (Å²) in [6.07, 6.45) is -5.45.